The van der Waals surface area contributed by atoms with Crippen molar-refractivity contribution in [2.75, 3.05) is 0 Å². The second kappa shape index (κ2) is 4.47. The molecule has 2 aromatic carbocycles. The molecular formula is C22H26. The molecule has 0 bridgehead atoms. The molecular weight excluding hydrogens is 264 g/mol. The van der Waals surface area contributed by atoms with E-state index in [1.54, 1.807) is 11.1 Å². The SMILES string of the molecule is Cc1ccc2c(c1)C1(CCCC1)c1cc(C(C)(C)C)ccc1-2. The van der Waals surface area contributed by atoms with Gasteiger partial charge in [-0.2, -0.15) is 0 Å². The number of aryl methyl sites for hydroxylation is 1. The van der Waals surface area contributed by atoms with Gasteiger partial charge in [-0.15, -0.1) is 0 Å². The molecule has 1 fully saturated rings. The normalized spacial score (nSPS) is 18.5. The highest BCUT2D eigenvalue weighted by molar-refractivity contribution is 5.82. The molecule has 0 aliphatic heterocycles. The van der Waals surface area contributed by atoms with E-state index in [-0.39, 0.29) is 5.41 Å². The van der Waals surface area contributed by atoms with Gasteiger partial charge in [0.2, 0.25) is 0 Å². The lowest BCUT2D eigenvalue weighted by atomic mass is 9.75. The molecule has 0 heteroatoms. The first-order chi connectivity index (χ1) is 10.4. The summed E-state index contributed by atoms with van der Waals surface area (Å²) in [5, 5.41) is 0. The Morgan fingerprint density at radius 2 is 1.41 bits per heavy atom. The highest BCUT2D eigenvalue weighted by atomic mass is 14.5. The molecule has 114 valence electrons. The van der Waals surface area contributed by atoms with Gasteiger partial charge in [0.05, 0.1) is 0 Å². The van der Waals surface area contributed by atoms with E-state index >= 15 is 0 Å². The van der Waals surface area contributed by atoms with Crippen molar-refractivity contribution in [3.63, 3.8) is 0 Å². The summed E-state index contributed by atoms with van der Waals surface area (Å²) in [4.78, 5) is 0. The van der Waals surface area contributed by atoms with E-state index in [0.717, 1.165) is 0 Å². The molecule has 0 heterocycles. The van der Waals surface area contributed by atoms with E-state index in [4.69, 9.17) is 0 Å². The number of fused-ring (bicyclic) bond motifs is 5. The predicted octanol–water partition coefficient (Wildman–Crippen LogP) is 6.13. The minimum atomic E-state index is 0.222. The van der Waals surface area contributed by atoms with Crippen LogP contribution in [0.4, 0.5) is 0 Å². The first-order valence-corrected chi connectivity index (χ1v) is 8.68. The highest BCUT2D eigenvalue weighted by Crippen LogP contribution is 2.57. The van der Waals surface area contributed by atoms with Crippen LogP contribution in [0.15, 0.2) is 36.4 Å². The molecule has 0 nitrogen and oxygen atoms in total. The Morgan fingerprint density at radius 1 is 0.818 bits per heavy atom. The van der Waals surface area contributed by atoms with Crippen LogP contribution >= 0.6 is 0 Å². The van der Waals surface area contributed by atoms with E-state index in [2.05, 4.69) is 64.1 Å². The van der Waals surface area contributed by atoms with E-state index in [0.29, 0.717) is 5.41 Å². The summed E-state index contributed by atoms with van der Waals surface area (Å²) in [7, 11) is 0. The maximum Gasteiger partial charge on any atom is 0.0215 e. The van der Waals surface area contributed by atoms with Gasteiger partial charge < -0.3 is 0 Å². The molecule has 0 unspecified atom stereocenters. The fourth-order valence-electron chi connectivity index (χ4n) is 4.59. The molecule has 2 aliphatic rings. The summed E-state index contributed by atoms with van der Waals surface area (Å²) in [6.07, 6.45) is 5.38. The minimum absolute atomic E-state index is 0.222. The predicted molar refractivity (Wildman–Crippen MR) is 94.6 cm³/mol. The maximum absolute atomic E-state index is 2.52. The van der Waals surface area contributed by atoms with E-state index < -0.39 is 0 Å². The highest BCUT2D eigenvalue weighted by Gasteiger charge is 2.45. The molecule has 0 aromatic heterocycles. The van der Waals surface area contributed by atoms with Gasteiger partial charge in [-0.25, -0.2) is 0 Å². The van der Waals surface area contributed by atoms with Gasteiger partial charge in [0, 0.05) is 5.41 Å². The van der Waals surface area contributed by atoms with Crippen molar-refractivity contribution in [1.82, 2.24) is 0 Å². The smallest absolute Gasteiger partial charge is 0.0215 e. The molecule has 0 saturated heterocycles. The van der Waals surface area contributed by atoms with Gasteiger partial charge in [-0.05, 0) is 53.0 Å². The number of hydrogen-bond acceptors (Lipinski definition) is 0. The van der Waals surface area contributed by atoms with Crippen LogP contribution in [0.25, 0.3) is 11.1 Å². The van der Waals surface area contributed by atoms with E-state index in [1.807, 2.05) is 0 Å². The van der Waals surface area contributed by atoms with Gasteiger partial charge >= 0.3 is 0 Å². The molecule has 2 aromatic rings. The number of hydrogen-bond donors (Lipinski definition) is 0. The summed E-state index contributed by atoms with van der Waals surface area (Å²) < 4.78 is 0. The van der Waals surface area contributed by atoms with E-state index in [9.17, 15) is 0 Å². The zero-order valence-corrected chi connectivity index (χ0v) is 14.3. The standard InChI is InChI=1S/C22H26/c1-15-7-9-17-18-10-8-16(21(2,3)4)14-20(18)22(19(17)13-15)11-5-6-12-22/h7-10,13-14H,5-6,11-12H2,1-4H3. The Hall–Kier alpha value is -1.56. The number of rotatable bonds is 0. The van der Waals surface area contributed by atoms with Crippen molar-refractivity contribution in [3.05, 3.63) is 58.7 Å². The lowest BCUT2D eigenvalue weighted by molar-refractivity contribution is 0.542. The second-order valence-corrected chi connectivity index (χ2v) is 8.35. The quantitative estimate of drug-likeness (QED) is 0.547. The van der Waals surface area contributed by atoms with Crippen LogP contribution in [0, 0.1) is 6.92 Å². The fourth-order valence-corrected chi connectivity index (χ4v) is 4.59. The largest absolute Gasteiger partial charge is 0.0587 e. The zero-order valence-electron chi connectivity index (χ0n) is 14.3. The third-order valence-corrected chi connectivity index (χ3v) is 5.84. The van der Waals surface area contributed by atoms with Crippen molar-refractivity contribution < 1.29 is 0 Å². The third-order valence-electron chi connectivity index (χ3n) is 5.84. The second-order valence-electron chi connectivity index (χ2n) is 8.35. The lowest BCUT2D eigenvalue weighted by Gasteiger charge is -2.28. The Balaban J connectivity index is 2.00. The first kappa shape index (κ1) is 14.1. The van der Waals surface area contributed by atoms with Crippen LogP contribution in [-0.2, 0) is 10.8 Å². The van der Waals surface area contributed by atoms with Gasteiger partial charge in [-0.3, -0.25) is 0 Å². The molecule has 0 amide bonds. The van der Waals surface area contributed by atoms with Crippen LogP contribution in [0.1, 0.15) is 68.7 Å². The van der Waals surface area contributed by atoms with Crippen molar-refractivity contribution >= 4 is 0 Å². The Bertz CT molecular complexity index is 737. The zero-order chi connectivity index (χ0) is 15.5. The Kier molecular flexibility index (Phi) is 2.86. The third kappa shape index (κ3) is 1.82. The van der Waals surface area contributed by atoms with E-state index in [1.165, 1.54) is 47.9 Å². The first-order valence-electron chi connectivity index (χ1n) is 8.68. The van der Waals surface area contributed by atoms with Crippen LogP contribution in [-0.4, -0.2) is 0 Å². The Morgan fingerprint density at radius 3 is 2.05 bits per heavy atom. The van der Waals surface area contributed by atoms with Gasteiger partial charge in [0.25, 0.3) is 0 Å². The molecule has 2 aliphatic carbocycles. The molecule has 0 radical (unpaired) electrons. The Labute approximate surface area is 134 Å². The van der Waals surface area contributed by atoms with Gasteiger partial charge in [0.15, 0.2) is 0 Å². The summed E-state index contributed by atoms with van der Waals surface area (Å²) in [5.41, 5.74) is 9.59. The van der Waals surface area contributed by atoms with Gasteiger partial charge in [0.1, 0.15) is 0 Å². The summed E-state index contributed by atoms with van der Waals surface area (Å²) in [6, 6.07) is 14.3. The van der Waals surface area contributed by atoms with Crippen LogP contribution < -0.4 is 0 Å². The summed E-state index contributed by atoms with van der Waals surface area (Å²) in [6.45, 7) is 9.19. The minimum Gasteiger partial charge on any atom is -0.0587 e. The van der Waals surface area contributed by atoms with Crippen LogP contribution in [0.5, 0.6) is 0 Å². The average molecular weight is 290 g/mol. The molecule has 1 saturated carbocycles. The topological polar surface area (TPSA) is 0 Å². The van der Waals surface area contributed by atoms with Crippen molar-refractivity contribution in [1.29, 1.82) is 0 Å². The molecule has 22 heavy (non-hydrogen) atoms. The van der Waals surface area contributed by atoms with Crippen LogP contribution in [0.3, 0.4) is 0 Å². The molecule has 0 N–H and O–H groups in total. The summed E-state index contributed by atoms with van der Waals surface area (Å²) in [5.74, 6) is 0. The molecule has 4 rings (SSSR count). The summed E-state index contributed by atoms with van der Waals surface area (Å²) >= 11 is 0. The fraction of sp³-hybridized carbons (Fsp3) is 0.455. The molecule has 1 spiro atoms. The van der Waals surface area contributed by atoms with Crippen molar-refractivity contribution in [3.8, 4) is 11.1 Å². The molecule has 0 atom stereocenters. The van der Waals surface area contributed by atoms with Crippen molar-refractivity contribution in [2.45, 2.75) is 64.2 Å². The monoisotopic (exact) mass is 290 g/mol. The van der Waals surface area contributed by atoms with Gasteiger partial charge in [-0.1, -0.05) is 75.6 Å². The maximum atomic E-state index is 2.52. The van der Waals surface area contributed by atoms with Crippen LogP contribution in [0.2, 0.25) is 0 Å². The lowest BCUT2D eigenvalue weighted by Crippen LogP contribution is -2.21. The number of benzene rings is 2. The van der Waals surface area contributed by atoms with Crippen molar-refractivity contribution in [2.24, 2.45) is 0 Å². The average Bonchev–Trinajstić information content (AvgIpc) is 3.05.